The van der Waals surface area contributed by atoms with Crippen LogP contribution in [-0.2, 0) is 0 Å². The number of rotatable bonds is 6. The van der Waals surface area contributed by atoms with Gasteiger partial charge in [-0.05, 0) is 37.5 Å². The van der Waals surface area contributed by atoms with E-state index < -0.39 is 0 Å². The highest BCUT2D eigenvalue weighted by Gasteiger charge is 2.22. The van der Waals surface area contributed by atoms with Crippen molar-refractivity contribution in [2.45, 2.75) is 33.6 Å². The normalized spacial score (nSPS) is 12.5. The Bertz CT molecular complexity index is 414. The lowest BCUT2D eigenvalue weighted by Gasteiger charge is -2.22. The van der Waals surface area contributed by atoms with Crippen molar-refractivity contribution in [2.75, 3.05) is 6.61 Å². The molecule has 0 heterocycles. The number of amidine groups is 1. The largest absolute Gasteiger partial charge is 0.494 e. The van der Waals surface area contributed by atoms with Gasteiger partial charge in [0.2, 0.25) is 0 Å². The molecule has 4 heteroatoms. The summed E-state index contributed by atoms with van der Waals surface area (Å²) < 4.78 is 5.65. The van der Waals surface area contributed by atoms with Crippen LogP contribution in [0.25, 0.3) is 0 Å². The lowest BCUT2D eigenvalue weighted by molar-refractivity contribution is 0.277. The van der Waals surface area contributed by atoms with Gasteiger partial charge in [0.15, 0.2) is 0 Å². The van der Waals surface area contributed by atoms with Gasteiger partial charge in [-0.25, -0.2) is 0 Å². The van der Waals surface area contributed by atoms with E-state index in [-0.39, 0.29) is 11.3 Å². The number of ether oxygens (including phenoxy) is 1. The van der Waals surface area contributed by atoms with E-state index >= 15 is 0 Å². The number of hydrogen-bond acceptors (Lipinski definition) is 3. The number of oxime groups is 1. The van der Waals surface area contributed by atoms with Crippen LogP contribution < -0.4 is 10.5 Å². The van der Waals surface area contributed by atoms with Crippen LogP contribution in [0, 0.1) is 12.3 Å². The number of benzene rings is 1. The first-order valence-electron chi connectivity index (χ1n) is 6.13. The van der Waals surface area contributed by atoms with Gasteiger partial charge in [0.25, 0.3) is 0 Å². The third kappa shape index (κ3) is 4.28. The van der Waals surface area contributed by atoms with Gasteiger partial charge in [-0.1, -0.05) is 31.1 Å². The van der Waals surface area contributed by atoms with Gasteiger partial charge in [-0.2, -0.15) is 0 Å². The maximum absolute atomic E-state index is 8.67. The Labute approximate surface area is 108 Å². The van der Waals surface area contributed by atoms with Crippen LogP contribution in [-0.4, -0.2) is 17.6 Å². The lowest BCUT2D eigenvalue weighted by atomic mass is 9.87. The van der Waals surface area contributed by atoms with Crippen molar-refractivity contribution in [3.8, 4) is 5.75 Å². The summed E-state index contributed by atoms with van der Waals surface area (Å²) in [6, 6.07) is 7.97. The second-order valence-electron chi connectivity index (χ2n) is 5.14. The predicted molar refractivity (Wildman–Crippen MR) is 73.1 cm³/mol. The molecule has 0 aliphatic rings. The molecule has 3 N–H and O–H groups in total. The molecule has 0 aliphatic heterocycles. The topological polar surface area (TPSA) is 67.8 Å². The molecule has 0 aliphatic carbocycles. The summed E-state index contributed by atoms with van der Waals surface area (Å²) in [4.78, 5) is 0. The first-order chi connectivity index (χ1) is 8.45. The van der Waals surface area contributed by atoms with E-state index in [9.17, 15) is 0 Å². The van der Waals surface area contributed by atoms with Crippen molar-refractivity contribution in [3.63, 3.8) is 0 Å². The van der Waals surface area contributed by atoms with Gasteiger partial charge < -0.3 is 15.7 Å². The minimum Gasteiger partial charge on any atom is -0.494 e. The average molecular weight is 250 g/mol. The van der Waals surface area contributed by atoms with Crippen LogP contribution in [0.1, 0.15) is 32.3 Å². The SMILES string of the molecule is Cc1cccc(OCCCC(C)(C)C(N)=NO)c1. The highest BCUT2D eigenvalue weighted by molar-refractivity contribution is 5.85. The highest BCUT2D eigenvalue weighted by atomic mass is 16.5. The summed E-state index contributed by atoms with van der Waals surface area (Å²) in [6.45, 7) is 6.57. The van der Waals surface area contributed by atoms with Crippen molar-refractivity contribution >= 4 is 5.84 Å². The molecule has 100 valence electrons. The van der Waals surface area contributed by atoms with E-state index in [1.54, 1.807) is 0 Å². The van der Waals surface area contributed by atoms with E-state index in [4.69, 9.17) is 15.7 Å². The lowest BCUT2D eigenvalue weighted by Crippen LogP contribution is -2.32. The summed E-state index contributed by atoms with van der Waals surface area (Å²) in [7, 11) is 0. The molecule has 1 aromatic carbocycles. The summed E-state index contributed by atoms with van der Waals surface area (Å²) in [5.41, 5.74) is 6.51. The summed E-state index contributed by atoms with van der Waals surface area (Å²) in [5, 5.41) is 11.7. The molecular weight excluding hydrogens is 228 g/mol. The zero-order chi connectivity index (χ0) is 13.6. The molecule has 0 amide bonds. The summed E-state index contributed by atoms with van der Waals surface area (Å²) >= 11 is 0. The molecule has 0 spiro atoms. The second-order valence-corrected chi connectivity index (χ2v) is 5.14. The molecule has 1 aromatic rings. The van der Waals surface area contributed by atoms with Gasteiger partial charge >= 0.3 is 0 Å². The molecule has 0 saturated heterocycles. The molecule has 0 unspecified atom stereocenters. The molecule has 0 radical (unpaired) electrons. The van der Waals surface area contributed by atoms with Crippen molar-refractivity contribution < 1.29 is 9.94 Å². The van der Waals surface area contributed by atoms with Crippen molar-refractivity contribution in [2.24, 2.45) is 16.3 Å². The van der Waals surface area contributed by atoms with Gasteiger partial charge in [0, 0.05) is 5.41 Å². The average Bonchev–Trinajstić information content (AvgIpc) is 2.33. The molecule has 0 fully saturated rings. The summed E-state index contributed by atoms with van der Waals surface area (Å²) in [6.07, 6.45) is 1.67. The number of aryl methyl sites for hydroxylation is 1. The fourth-order valence-corrected chi connectivity index (χ4v) is 1.67. The maximum atomic E-state index is 8.67. The fourth-order valence-electron chi connectivity index (χ4n) is 1.67. The summed E-state index contributed by atoms with van der Waals surface area (Å²) in [5.74, 6) is 1.15. The third-order valence-corrected chi connectivity index (χ3v) is 3.01. The third-order valence-electron chi connectivity index (χ3n) is 3.01. The fraction of sp³-hybridized carbons (Fsp3) is 0.500. The van der Waals surface area contributed by atoms with Crippen LogP contribution in [0.15, 0.2) is 29.4 Å². The van der Waals surface area contributed by atoms with Gasteiger partial charge in [0.05, 0.1) is 6.61 Å². The Hall–Kier alpha value is -1.71. The molecule has 18 heavy (non-hydrogen) atoms. The second kappa shape index (κ2) is 6.28. The Morgan fingerprint density at radius 1 is 1.44 bits per heavy atom. The maximum Gasteiger partial charge on any atom is 0.144 e. The monoisotopic (exact) mass is 250 g/mol. The van der Waals surface area contributed by atoms with Crippen LogP contribution in [0.2, 0.25) is 0 Å². The molecule has 1 rings (SSSR count). The quantitative estimate of drug-likeness (QED) is 0.268. The minimum atomic E-state index is -0.301. The molecule has 0 aromatic heterocycles. The molecule has 0 bridgehead atoms. The van der Waals surface area contributed by atoms with Crippen LogP contribution in [0.4, 0.5) is 0 Å². The Balaban J connectivity index is 2.35. The van der Waals surface area contributed by atoms with Crippen LogP contribution in [0.3, 0.4) is 0 Å². The predicted octanol–water partition coefficient (Wildman–Crippen LogP) is 2.93. The van der Waals surface area contributed by atoms with E-state index in [0.717, 1.165) is 18.6 Å². The number of nitrogens with zero attached hydrogens (tertiary/aromatic N) is 1. The molecule has 0 saturated carbocycles. The highest BCUT2D eigenvalue weighted by Crippen LogP contribution is 2.22. The molecule has 0 atom stereocenters. The Kier molecular flexibility index (Phi) is 5.01. The minimum absolute atomic E-state index is 0.262. The van der Waals surface area contributed by atoms with Crippen LogP contribution >= 0.6 is 0 Å². The first kappa shape index (κ1) is 14.4. The van der Waals surface area contributed by atoms with Gasteiger partial charge in [0.1, 0.15) is 11.6 Å². The standard InChI is InChI=1S/C14H22N2O2/c1-11-6-4-7-12(10-11)18-9-5-8-14(2,3)13(15)16-17/h4,6-7,10,17H,5,8-9H2,1-3H3,(H2,15,16). The number of hydrogen-bond donors (Lipinski definition) is 2. The zero-order valence-electron chi connectivity index (χ0n) is 11.3. The van der Waals surface area contributed by atoms with Crippen LogP contribution in [0.5, 0.6) is 5.75 Å². The van der Waals surface area contributed by atoms with E-state index in [1.165, 1.54) is 5.56 Å². The number of nitrogens with two attached hydrogens (primary N) is 1. The zero-order valence-corrected chi connectivity index (χ0v) is 11.3. The molecular formula is C14H22N2O2. The molecule has 4 nitrogen and oxygen atoms in total. The van der Waals surface area contributed by atoms with Crippen molar-refractivity contribution in [3.05, 3.63) is 29.8 Å². The van der Waals surface area contributed by atoms with E-state index in [2.05, 4.69) is 5.16 Å². The van der Waals surface area contributed by atoms with Crippen molar-refractivity contribution in [1.82, 2.24) is 0 Å². The smallest absolute Gasteiger partial charge is 0.144 e. The van der Waals surface area contributed by atoms with E-state index in [0.29, 0.717) is 6.61 Å². The van der Waals surface area contributed by atoms with Crippen molar-refractivity contribution in [1.29, 1.82) is 0 Å². The van der Waals surface area contributed by atoms with E-state index in [1.807, 2.05) is 45.0 Å². The van der Waals surface area contributed by atoms with Gasteiger partial charge in [-0.15, -0.1) is 0 Å². The Morgan fingerprint density at radius 2 is 2.17 bits per heavy atom. The Morgan fingerprint density at radius 3 is 2.78 bits per heavy atom. The van der Waals surface area contributed by atoms with Gasteiger partial charge in [-0.3, -0.25) is 0 Å². The first-order valence-corrected chi connectivity index (χ1v) is 6.13.